The van der Waals surface area contributed by atoms with Gasteiger partial charge in [0.15, 0.2) is 10.7 Å². The fourth-order valence-electron chi connectivity index (χ4n) is 2.30. The Labute approximate surface area is 185 Å². The van der Waals surface area contributed by atoms with Crippen molar-refractivity contribution in [2.45, 2.75) is 0 Å². The van der Waals surface area contributed by atoms with Crippen molar-refractivity contribution < 1.29 is 9.59 Å². The minimum Gasteiger partial charge on any atom is -0.378 e. The van der Waals surface area contributed by atoms with Crippen LogP contribution in [0, 0.1) is 0 Å². The van der Waals surface area contributed by atoms with Crippen LogP contribution in [0.2, 0.25) is 0 Å². The van der Waals surface area contributed by atoms with Crippen LogP contribution in [0.3, 0.4) is 0 Å². The highest BCUT2D eigenvalue weighted by molar-refractivity contribution is 9.10. The number of halogens is 1. The van der Waals surface area contributed by atoms with Crippen molar-refractivity contribution in [2.24, 2.45) is 5.10 Å². The lowest BCUT2D eigenvalue weighted by molar-refractivity contribution is 0.0951. The van der Waals surface area contributed by atoms with Gasteiger partial charge in [-0.15, -0.1) is 5.10 Å². The minimum absolute atomic E-state index is 0.0222. The molecular formula is C19H18BrN7O2S. The molecule has 1 heterocycles. The summed E-state index contributed by atoms with van der Waals surface area (Å²) >= 11 is 4.22. The summed E-state index contributed by atoms with van der Waals surface area (Å²) < 4.78 is 4.63. The van der Waals surface area contributed by atoms with Crippen molar-refractivity contribution >= 4 is 62.0 Å². The van der Waals surface area contributed by atoms with Crippen molar-refractivity contribution in [1.82, 2.24) is 15.0 Å². The summed E-state index contributed by atoms with van der Waals surface area (Å²) in [5, 5.41) is 13.2. The first kappa shape index (κ1) is 21.4. The van der Waals surface area contributed by atoms with E-state index < -0.39 is 11.9 Å². The SMILES string of the molecule is CN(C)c1ccc(C=NNC(=O)c2nnsc2NC(=O)Nc2ccc(Br)cc2)cc1. The molecular weight excluding hydrogens is 470 g/mol. The molecule has 1 aromatic heterocycles. The van der Waals surface area contributed by atoms with Gasteiger partial charge in [0.2, 0.25) is 0 Å². The van der Waals surface area contributed by atoms with Gasteiger partial charge in [0.1, 0.15) is 0 Å². The zero-order valence-electron chi connectivity index (χ0n) is 16.1. The van der Waals surface area contributed by atoms with E-state index >= 15 is 0 Å². The molecule has 3 amide bonds. The standard InChI is InChI=1S/C19H18BrN7O2S/c1-27(2)15-9-3-12(4-10-15)11-21-25-17(28)16-18(30-26-24-16)23-19(29)22-14-7-5-13(20)6-8-14/h3-11H,1-2H3,(H,25,28)(H2,22,23,29). The van der Waals surface area contributed by atoms with Crippen molar-refractivity contribution in [3.05, 3.63) is 64.3 Å². The van der Waals surface area contributed by atoms with E-state index in [0.717, 1.165) is 27.3 Å². The highest BCUT2D eigenvalue weighted by Crippen LogP contribution is 2.19. The van der Waals surface area contributed by atoms with Crippen molar-refractivity contribution in [1.29, 1.82) is 0 Å². The molecule has 0 spiro atoms. The first-order valence-corrected chi connectivity index (χ1v) is 10.3. The molecule has 154 valence electrons. The first-order chi connectivity index (χ1) is 14.4. The van der Waals surface area contributed by atoms with Gasteiger partial charge in [-0.1, -0.05) is 32.6 Å². The third-order valence-electron chi connectivity index (χ3n) is 3.82. The molecule has 3 rings (SSSR count). The normalized spacial score (nSPS) is 10.6. The smallest absolute Gasteiger partial charge is 0.324 e. The van der Waals surface area contributed by atoms with Crippen LogP contribution in [0.25, 0.3) is 0 Å². The van der Waals surface area contributed by atoms with E-state index in [1.165, 1.54) is 6.21 Å². The van der Waals surface area contributed by atoms with E-state index in [4.69, 9.17) is 0 Å². The molecule has 3 N–H and O–H groups in total. The topological polar surface area (TPSA) is 112 Å². The van der Waals surface area contributed by atoms with Gasteiger partial charge in [0.05, 0.1) is 6.21 Å². The van der Waals surface area contributed by atoms with Crippen molar-refractivity contribution in [3.63, 3.8) is 0 Å². The molecule has 0 saturated heterocycles. The number of rotatable bonds is 6. The number of hydrogen-bond donors (Lipinski definition) is 3. The summed E-state index contributed by atoms with van der Waals surface area (Å²) in [7, 11) is 3.91. The van der Waals surface area contributed by atoms with Gasteiger partial charge < -0.3 is 10.2 Å². The largest absolute Gasteiger partial charge is 0.378 e. The molecule has 0 unspecified atom stereocenters. The second-order valence-corrected chi connectivity index (χ2v) is 7.89. The van der Waals surface area contributed by atoms with E-state index in [-0.39, 0.29) is 10.7 Å². The number of nitrogens with one attached hydrogen (secondary N) is 3. The summed E-state index contributed by atoms with van der Waals surface area (Å²) in [5.74, 6) is -0.580. The van der Waals surface area contributed by atoms with Gasteiger partial charge in [-0.05, 0) is 42.0 Å². The Hall–Kier alpha value is -3.31. The predicted molar refractivity (Wildman–Crippen MR) is 123 cm³/mol. The van der Waals surface area contributed by atoms with Gasteiger partial charge in [-0.25, -0.2) is 10.2 Å². The maximum Gasteiger partial charge on any atom is 0.324 e. The second-order valence-electron chi connectivity index (χ2n) is 6.22. The summed E-state index contributed by atoms with van der Waals surface area (Å²) in [6, 6.07) is 14.2. The van der Waals surface area contributed by atoms with Crippen LogP contribution in [0.5, 0.6) is 0 Å². The van der Waals surface area contributed by atoms with Gasteiger partial charge >= 0.3 is 6.03 Å². The second kappa shape index (κ2) is 9.94. The number of aromatic nitrogens is 2. The van der Waals surface area contributed by atoms with Crippen LogP contribution < -0.4 is 21.0 Å². The molecule has 0 aliphatic heterocycles. The molecule has 0 atom stereocenters. The molecule has 9 nitrogen and oxygen atoms in total. The number of hydrazone groups is 1. The maximum atomic E-state index is 12.3. The zero-order valence-corrected chi connectivity index (χ0v) is 18.5. The zero-order chi connectivity index (χ0) is 21.5. The Morgan fingerprint density at radius 3 is 2.43 bits per heavy atom. The monoisotopic (exact) mass is 487 g/mol. The van der Waals surface area contributed by atoms with Crippen LogP contribution in [0.15, 0.2) is 58.1 Å². The highest BCUT2D eigenvalue weighted by atomic mass is 79.9. The van der Waals surface area contributed by atoms with E-state index in [0.29, 0.717) is 5.69 Å². The average Bonchev–Trinajstić information content (AvgIpc) is 3.18. The number of carbonyl (C=O) groups excluding carboxylic acids is 2. The highest BCUT2D eigenvalue weighted by Gasteiger charge is 2.18. The molecule has 0 aliphatic carbocycles. The van der Waals surface area contributed by atoms with E-state index in [1.54, 1.807) is 24.3 Å². The predicted octanol–water partition coefficient (Wildman–Crippen LogP) is 3.77. The van der Waals surface area contributed by atoms with Gasteiger partial charge in [-0.2, -0.15) is 5.10 Å². The fourth-order valence-corrected chi connectivity index (χ4v) is 3.12. The summed E-state index contributed by atoms with van der Waals surface area (Å²) in [6.07, 6.45) is 1.52. The molecule has 11 heteroatoms. The molecule has 0 fully saturated rings. The summed E-state index contributed by atoms with van der Waals surface area (Å²) in [4.78, 5) is 26.5. The molecule has 0 saturated carbocycles. The van der Waals surface area contributed by atoms with E-state index in [9.17, 15) is 9.59 Å². The Kier molecular flexibility index (Phi) is 7.09. The molecule has 3 aromatic rings. The van der Waals surface area contributed by atoms with E-state index in [1.807, 2.05) is 43.3 Å². The quantitative estimate of drug-likeness (QED) is 0.361. The number of nitrogens with zero attached hydrogens (tertiary/aromatic N) is 4. The minimum atomic E-state index is -0.580. The maximum absolute atomic E-state index is 12.3. The number of amides is 3. The molecule has 30 heavy (non-hydrogen) atoms. The lowest BCUT2D eigenvalue weighted by atomic mass is 10.2. The Morgan fingerprint density at radius 1 is 1.07 bits per heavy atom. The van der Waals surface area contributed by atoms with Crippen LogP contribution >= 0.6 is 27.5 Å². The lowest BCUT2D eigenvalue weighted by Gasteiger charge is -2.11. The van der Waals surface area contributed by atoms with Gasteiger partial charge in [-0.3, -0.25) is 10.1 Å². The molecule has 0 bridgehead atoms. The average molecular weight is 488 g/mol. The Bertz CT molecular complexity index is 1050. The van der Waals surface area contributed by atoms with Crippen LogP contribution in [0.1, 0.15) is 16.1 Å². The number of hydrogen-bond acceptors (Lipinski definition) is 7. The van der Waals surface area contributed by atoms with Gasteiger partial charge in [0.25, 0.3) is 5.91 Å². The third kappa shape index (κ3) is 5.84. The first-order valence-electron chi connectivity index (χ1n) is 8.69. The fraction of sp³-hybridized carbons (Fsp3) is 0.105. The van der Waals surface area contributed by atoms with Crippen LogP contribution in [-0.4, -0.2) is 41.8 Å². The molecule has 2 aromatic carbocycles. The lowest BCUT2D eigenvalue weighted by Crippen LogP contribution is -2.23. The van der Waals surface area contributed by atoms with Crippen LogP contribution in [-0.2, 0) is 0 Å². The summed E-state index contributed by atoms with van der Waals surface area (Å²) in [6.45, 7) is 0. The Balaban J connectivity index is 1.57. The number of urea groups is 1. The molecule has 0 aliphatic rings. The van der Waals surface area contributed by atoms with Gasteiger partial charge in [0, 0.05) is 41.5 Å². The van der Waals surface area contributed by atoms with Crippen molar-refractivity contribution in [3.8, 4) is 0 Å². The Morgan fingerprint density at radius 2 is 1.77 bits per heavy atom. The summed E-state index contributed by atoms with van der Waals surface area (Å²) in [5.41, 5.74) is 4.85. The van der Waals surface area contributed by atoms with Crippen molar-refractivity contribution in [2.75, 3.05) is 29.6 Å². The number of carbonyl (C=O) groups is 2. The number of anilines is 3. The third-order valence-corrected chi connectivity index (χ3v) is 4.99. The molecule has 0 radical (unpaired) electrons. The van der Waals surface area contributed by atoms with E-state index in [2.05, 4.69) is 46.7 Å². The number of benzene rings is 2. The van der Waals surface area contributed by atoms with Crippen LogP contribution in [0.4, 0.5) is 21.2 Å².